The van der Waals surface area contributed by atoms with Gasteiger partial charge in [0.1, 0.15) is 36.2 Å². The maximum absolute atomic E-state index is 13.6. The topological polar surface area (TPSA) is 51.1 Å². The molecule has 1 aliphatic heterocycles. The second-order valence-corrected chi connectivity index (χ2v) is 5.43. The summed E-state index contributed by atoms with van der Waals surface area (Å²) in [6.07, 6.45) is 0. The van der Waals surface area contributed by atoms with Crippen molar-refractivity contribution in [3.63, 3.8) is 0 Å². The number of fused-ring (bicyclic) bond motifs is 1. The Labute approximate surface area is 128 Å². The molecule has 1 heterocycles. The van der Waals surface area contributed by atoms with Crippen LogP contribution in [0.15, 0.2) is 46.0 Å². The number of nitrogens with zero attached hydrogens (tertiary/aromatic N) is 1. The summed E-state index contributed by atoms with van der Waals surface area (Å²) in [7, 11) is 0. The van der Waals surface area contributed by atoms with Crippen molar-refractivity contribution in [2.24, 2.45) is 5.16 Å². The molecule has 6 heteroatoms. The minimum atomic E-state index is -0.315. The summed E-state index contributed by atoms with van der Waals surface area (Å²) in [5.74, 6) is 0.840. The molecule has 0 unspecified atom stereocenters. The van der Waals surface area contributed by atoms with Gasteiger partial charge < -0.3 is 14.7 Å². The van der Waals surface area contributed by atoms with Crippen LogP contribution >= 0.6 is 15.9 Å². The van der Waals surface area contributed by atoms with Crippen molar-refractivity contribution >= 4 is 21.6 Å². The van der Waals surface area contributed by atoms with Gasteiger partial charge in [-0.3, -0.25) is 0 Å². The van der Waals surface area contributed by atoms with Crippen molar-refractivity contribution < 1.29 is 19.1 Å². The van der Waals surface area contributed by atoms with Gasteiger partial charge in [0, 0.05) is 21.7 Å². The number of oxime groups is 1. The summed E-state index contributed by atoms with van der Waals surface area (Å²) >= 11 is 3.30. The van der Waals surface area contributed by atoms with Crippen molar-refractivity contribution in [1.82, 2.24) is 0 Å². The lowest BCUT2D eigenvalue weighted by molar-refractivity contribution is 0.297. The molecule has 2 aromatic carbocycles. The van der Waals surface area contributed by atoms with E-state index in [4.69, 9.17) is 14.7 Å². The van der Waals surface area contributed by atoms with Gasteiger partial charge in [-0.05, 0) is 30.3 Å². The number of benzene rings is 2. The Hall–Kier alpha value is -2.08. The van der Waals surface area contributed by atoms with Crippen LogP contribution in [0, 0.1) is 5.82 Å². The first-order valence-corrected chi connectivity index (χ1v) is 7.01. The Morgan fingerprint density at radius 3 is 2.95 bits per heavy atom. The molecule has 1 aliphatic rings. The van der Waals surface area contributed by atoms with Crippen LogP contribution in [0.25, 0.3) is 0 Å². The van der Waals surface area contributed by atoms with E-state index in [0.29, 0.717) is 22.8 Å². The van der Waals surface area contributed by atoms with Gasteiger partial charge >= 0.3 is 0 Å². The van der Waals surface area contributed by atoms with Crippen molar-refractivity contribution in [2.45, 2.75) is 6.61 Å². The molecule has 0 amide bonds. The largest absolute Gasteiger partial charge is 0.489 e. The molecule has 21 heavy (non-hydrogen) atoms. The minimum absolute atomic E-state index is 0.116. The second kappa shape index (κ2) is 5.73. The zero-order valence-electron chi connectivity index (χ0n) is 10.8. The monoisotopic (exact) mass is 351 g/mol. The van der Waals surface area contributed by atoms with E-state index >= 15 is 0 Å². The van der Waals surface area contributed by atoms with Gasteiger partial charge in [0.05, 0.1) is 0 Å². The number of halogens is 2. The molecule has 2 aromatic rings. The zero-order chi connectivity index (χ0) is 14.8. The lowest BCUT2D eigenvalue weighted by Gasteiger charge is -2.08. The highest BCUT2D eigenvalue weighted by molar-refractivity contribution is 9.10. The first kappa shape index (κ1) is 13.9. The molecule has 0 atom stereocenters. The van der Waals surface area contributed by atoms with Crippen LogP contribution in [-0.2, 0) is 6.61 Å². The van der Waals surface area contributed by atoms with E-state index in [-0.39, 0.29) is 19.0 Å². The molecular formula is C15H11BrFNO3. The molecule has 1 N–H and O–H groups in total. The van der Waals surface area contributed by atoms with Crippen LogP contribution in [0.5, 0.6) is 11.5 Å². The molecule has 0 spiro atoms. The van der Waals surface area contributed by atoms with E-state index in [1.807, 2.05) is 0 Å². The first-order valence-electron chi connectivity index (χ1n) is 6.22. The van der Waals surface area contributed by atoms with Crippen LogP contribution in [0.4, 0.5) is 4.39 Å². The smallest absolute Gasteiger partial charge is 0.134 e. The average Bonchev–Trinajstić information content (AvgIpc) is 2.90. The third-order valence-corrected chi connectivity index (χ3v) is 3.64. The summed E-state index contributed by atoms with van der Waals surface area (Å²) in [5.41, 5.74) is 1.68. The highest BCUT2D eigenvalue weighted by Gasteiger charge is 2.20. The lowest BCUT2D eigenvalue weighted by Crippen LogP contribution is -2.01. The number of ether oxygens (including phenoxy) is 2. The van der Waals surface area contributed by atoms with Gasteiger partial charge in [-0.25, -0.2) is 4.39 Å². The molecule has 0 bridgehead atoms. The standard InChI is InChI=1S/C15H11BrFNO3/c16-10-1-4-13(17)9(5-10)7-20-11-2-3-12-14(18-19)8-21-15(12)6-11/h1-6,19H,7-8H2. The van der Waals surface area contributed by atoms with Crippen LogP contribution in [0.2, 0.25) is 0 Å². The molecule has 4 nitrogen and oxygen atoms in total. The molecule has 0 saturated heterocycles. The molecular weight excluding hydrogens is 341 g/mol. The predicted octanol–water partition coefficient (Wildman–Crippen LogP) is 3.74. The predicted molar refractivity (Wildman–Crippen MR) is 78.7 cm³/mol. The molecule has 0 aliphatic carbocycles. The summed E-state index contributed by atoms with van der Waals surface area (Å²) in [6.45, 7) is 0.348. The number of rotatable bonds is 3. The molecule has 0 radical (unpaired) electrons. The Morgan fingerprint density at radius 2 is 2.14 bits per heavy atom. The Balaban J connectivity index is 1.76. The molecule has 3 rings (SSSR count). The normalized spacial score (nSPS) is 14.9. The van der Waals surface area contributed by atoms with E-state index in [9.17, 15) is 4.39 Å². The highest BCUT2D eigenvalue weighted by Crippen LogP contribution is 2.30. The maximum atomic E-state index is 13.6. The van der Waals surface area contributed by atoms with Gasteiger partial charge in [-0.15, -0.1) is 0 Å². The fourth-order valence-electron chi connectivity index (χ4n) is 2.07. The van der Waals surface area contributed by atoms with Crippen LogP contribution < -0.4 is 9.47 Å². The average molecular weight is 352 g/mol. The summed E-state index contributed by atoms with van der Waals surface area (Å²) < 4.78 is 25.4. The quantitative estimate of drug-likeness (QED) is 0.676. The van der Waals surface area contributed by atoms with Crippen LogP contribution in [0.1, 0.15) is 11.1 Å². The lowest BCUT2D eigenvalue weighted by atomic mass is 10.1. The molecule has 108 valence electrons. The van der Waals surface area contributed by atoms with Crippen LogP contribution in [0.3, 0.4) is 0 Å². The van der Waals surface area contributed by atoms with E-state index in [1.165, 1.54) is 6.07 Å². The first-order chi connectivity index (χ1) is 10.2. The second-order valence-electron chi connectivity index (χ2n) is 4.52. The Bertz CT molecular complexity index is 718. The van der Waals surface area contributed by atoms with Crippen LogP contribution in [-0.4, -0.2) is 17.5 Å². The van der Waals surface area contributed by atoms with E-state index in [0.717, 1.165) is 10.0 Å². The summed E-state index contributed by atoms with van der Waals surface area (Å²) in [4.78, 5) is 0. The molecule has 0 saturated carbocycles. The fraction of sp³-hybridized carbons (Fsp3) is 0.133. The number of hydrogen-bond donors (Lipinski definition) is 1. The van der Waals surface area contributed by atoms with E-state index in [2.05, 4.69) is 21.1 Å². The van der Waals surface area contributed by atoms with Gasteiger partial charge in [0.2, 0.25) is 0 Å². The SMILES string of the molecule is ON=C1COc2cc(OCc3cc(Br)ccc3F)ccc21. The highest BCUT2D eigenvalue weighted by atomic mass is 79.9. The summed E-state index contributed by atoms with van der Waals surface area (Å²) in [5, 5.41) is 12.0. The Kier molecular flexibility index (Phi) is 3.79. The van der Waals surface area contributed by atoms with Crippen molar-refractivity contribution in [1.29, 1.82) is 0 Å². The van der Waals surface area contributed by atoms with Crippen molar-refractivity contribution in [3.8, 4) is 11.5 Å². The van der Waals surface area contributed by atoms with Gasteiger partial charge in [0.25, 0.3) is 0 Å². The molecule has 0 fully saturated rings. The van der Waals surface area contributed by atoms with E-state index in [1.54, 1.807) is 30.3 Å². The van der Waals surface area contributed by atoms with E-state index < -0.39 is 0 Å². The number of hydrogen-bond acceptors (Lipinski definition) is 4. The fourth-order valence-corrected chi connectivity index (χ4v) is 2.48. The zero-order valence-corrected chi connectivity index (χ0v) is 12.4. The minimum Gasteiger partial charge on any atom is -0.489 e. The maximum Gasteiger partial charge on any atom is 0.134 e. The Morgan fingerprint density at radius 1 is 1.29 bits per heavy atom. The van der Waals surface area contributed by atoms with Crippen molar-refractivity contribution in [3.05, 3.63) is 57.8 Å². The van der Waals surface area contributed by atoms with Gasteiger partial charge in [-0.2, -0.15) is 0 Å². The van der Waals surface area contributed by atoms with Crippen molar-refractivity contribution in [2.75, 3.05) is 6.61 Å². The summed E-state index contributed by atoms with van der Waals surface area (Å²) in [6, 6.07) is 9.88. The molecule has 0 aromatic heterocycles. The third kappa shape index (κ3) is 2.85. The third-order valence-electron chi connectivity index (χ3n) is 3.15. The van der Waals surface area contributed by atoms with Gasteiger partial charge in [0.15, 0.2) is 0 Å². The van der Waals surface area contributed by atoms with Gasteiger partial charge in [-0.1, -0.05) is 21.1 Å².